The Morgan fingerprint density at radius 2 is 1.56 bits per heavy atom. The molecule has 0 aliphatic carbocycles. The molecule has 6 nitrogen and oxygen atoms in total. The summed E-state index contributed by atoms with van der Waals surface area (Å²) >= 11 is 1.75. The van der Waals surface area contributed by atoms with Crippen LogP contribution in [0.25, 0.3) is 0 Å². The lowest BCUT2D eigenvalue weighted by molar-refractivity contribution is 0.198. The molecule has 0 aromatic carbocycles. The van der Waals surface area contributed by atoms with Crippen LogP contribution in [0.3, 0.4) is 0 Å². The quantitative estimate of drug-likeness (QED) is 0.838. The number of rotatable bonds is 4. The Morgan fingerprint density at radius 1 is 0.880 bits per heavy atom. The molecule has 25 heavy (non-hydrogen) atoms. The van der Waals surface area contributed by atoms with Gasteiger partial charge in [-0.15, -0.1) is 11.3 Å². The number of hydrogen-bond donors (Lipinski definition) is 0. The predicted octanol–water partition coefficient (Wildman–Crippen LogP) is 2.81. The standard InChI is InChI=1S/C18H26N6S/c1-15(18-19-5-12-25-18)22-8-10-24(11-9-22)17-13-16(20-14-21-17)23-6-3-2-4-7-23/h5,12-15H,2-4,6-11H2,1H3. The van der Waals surface area contributed by atoms with Crippen LogP contribution in [0.5, 0.6) is 0 Å². The average Bonchev–Trinajstić information content (AvgIpc) is 3.23. The topological polar surface area (TPSA) is 48.4 Å². The van der Waals surface area contributed by atoms with E-state index in [0.717, 1.165) is 50.9 Å². The molecule has 7 heteroatoms. The molecule has 1 atom stereocenters. The zero-order valence-electron chi connectivity index (χ0n) is 14.8. The lowest BCUT2D eigenvalue weighted by atomic mass is 10.1. The Kier molecular flexibility index (Phi) is 5.12. The highest BCUT2D eigenvalue weighted by molar-refractivity contribution is 7.09. The number of aromatic nitrogens is 3. The normalized spacial score (nSPS) is 20.7. The van der Waals surface area contributed by atoms with E-state index in [1.165, 1.54) is 24.3 Å². The van der Waals surface area contributed by atoms with Crippen LogP contribution in [0.15, 0.2) is 24.0 Å². The number of anilines is 2. The third kappa shape index (κ3) is 3.77. The zero-order valence-corrected chi connectivity index (χ0v) is 15.7. The Hall–Kier alpha value is -1.73. The van der Waals surface area contributed by atoms with Crippen molar-refractivity contribution in [2.24, 2.45) is 0 Å². The second-order valence-corrected chi connectivity index (χ2v) is 7.78. The monoisotopic (exact) mass is 358 g/mol. The first-order chi connectivity index (χ1) is 12.3. The van der Waals surface area contributed by atoms with Gasteiger partial charge in [-0.05, 0) is 26.2 Å². The summed E-state index contributed by atoms with van der Waals surface area (Å²) in [6.45, 7) is 8.60. The highest BCUT2D eigenvalue weighted by Crippen LogP contribution is 2.26. The summed E-state index contributed by atoms with van der Waals surface area (Å²) in [5.74, 6) is 2.15. The fourth-order valence-corrected chi connectivity index (χ4v) is 4.47. The molecular weight excluding hydrogens is 332 g/mol. The van der Waals surface area contributed by atoms with E-state index >= 15 is 0 Å². The Morgan fingerprint density at radius 3 is 2.20 bits per heavy atom. The molecule has 0 bridgehead atoms. The van der Waals surface area contributed by atoms with Crippen LogP contribution in [0.4, 0.5) is 11.6 Å². The van der Waals surface area contributed by atoms with E-state index < -0.39 is 0 Å². The number of piperidine rings is 1. The van der Waals surface area contributed by atoms with Crippen molar-refractivity contribution in [1.29, 1.82) is 0 Å². The van der Waals surface area contributed by atoms with E-state index in [2.05, 4.69) is 48.0 Å². The van der Waals surface area contributed by atoms with E-state index in [0.29, 0.717) is 6.04 Å². The first-order valence-electron chi connectivity index (χ1n) is 9.26. The van der Waals surface area contributed by atoms with Crippen molar-refractivity contribution in [2.45, 2.75) is 32.2 Å². The summed E-state index contributed by atoms with van der Waals surface area (Å²) in [5, 5.41) is 3.27. The van der Waals surface area contributed by atoms with Crippen LogP contribution in [0.1, 0.15) is 37.2 Å². The smallest absolute Gasteiger partial charge is 0.134 e. The Balaban J connectivity index is 1.39. The van der Waals surface area contributed by atoms with Gasteiger partial charge in [-0.25, -0.2) is 15.0 Å². The molecule has 4 rings (SSSR count). The van der Waals surface area contributed by atoms with Crippen molar-refractivity contribution in [3.05, 3.63) is 29.0 Å². The number of nitrogens with zero attached hydrogens (tertiary/aromatic N) is 6. The highest BCUT2D eigenvalue weighted by Gasteiger charge is 2.24. The molecular formula is C18H26N6S. The fourth-order valence-electron chi connectivity index (χ4n) is 3.74. The van der Waals surface area contributed by atoms with Gasteiger partial charge < -0.3 is 9.80 Å². The third-order valence-corrected chi connectivity index (χ3v) is 6.26. The van der Waals surface area contributed by atoms with Gasteiger partial charge in [0.2, 0.25) is 0 Å². The van der Waals surface area contributed by atoms with Crippen LogP contribution in [0, 0.1) is 0 Å². The summed E-state index contributed by atoms with van der Waals surface area (Å²) < 4.78 is 0. The Labute approximate surface area is 153 Å². The minimum Gasteiger partial charge on any atom is -0.356 e. The van der Waals surface area contributed by atoms with Crippen LogP contribution < -0.4 is 9.80 Å². The molecule has 4 heterocycles. The van der Waals surface area contributed by atoms with Crippen molar-refractivity contribution >= 4 is 23.0 Å². The molecule has 2 aromatic heterocycles. The first kappa shape index (κ1) is 16.7. The molecule has 0 saturated carbocycles. The van der Waals surface area contributed by atoms with Gasteiger partial charge in [0.1, 0.15) is 23.0 Å². The minimum atomic E-state index is 0.400. The van der Waals surface area contributed by atoms with E-state index in [1.54, 1.807) is 17.7 Å². The van der Waals surface area contributed by atoms with Crippen LogP contribution >= 0.6 is 11.3 Å². The molecule has 2 fully saturated rings. The SMILES string of the molecule is CC(c1nccs1)N1CCN(c2cc(N3CCCCC3)ncn2)CC1. The number of thiazole rings is 1. The second-order valence-electron chi connectivity index (χ2n) is 6.85. The van der Waals surface area contributed by atoms with Gasteiger partial charge in [0.15, 0.2) is 0 Å². The second kappa shape index (κ2) is 7.66. The van der Waals surface area contributed by atoms with Crippen molar-refractivity contribution in [1.82, 2.24) is 19.9 Å². The fraction of sp³-hybridized carbons (Fsp3) is 0.611. The summed E-state index contributed by atoms with van der Waals surface area (Å²) in [7, 11) is 0. The van der Waals surface area contributed by atoms with Gasteiger partial charge in [0.05, 0.1) is 6.04 Å². The number of piperazine rings is 1. The van der Waals surface area contributed by atoms with Gasteiger partial charge in [-0.1, -0.05) is 0 Å². The van der Waals surface area contributed by atoms with Crippen LogP contribution in [-0.4, -0.2) is 59.1 Å². The summed E-state index contributed by atoms with van der Waals surface area (Å²) in [6, 6.07) is 2.57. The van der Waals surface area contributed by atoms with Gasteiger partial charge in [-0.2, -0.15) is 0 Å². The highest BCUT2D eigenvalue weighted by atomic mass is 32.1. The lowest BCUT2D eigenvalue weighted by Gasteiger charge is -2.38. The van der Waals surface area contributed by atoms with Crippen LogP contribution in [-0.2, 0) is 0 Å². The van der Waals surface area contributed by atoms with E-state index in [1.807, 2.05) is 6.20 Å². The maximum absolute atomic E-state index is 4.54. The molecule has 2 aliphatic heterocycles. The molecule has 2 aliphatic rings. The largest absolute Gasteiger partial charge is 0.356 e. The lowest BCUT2D eigenvalue weighted by Crippen LogP contribution is -2.47. The maximum atomic E-state index is 4.54. The van der Waals surface area contributed by atoms with Gasteiger partial charge in [0, 0.05) is 56.9 Å². The molecule has 0 spiro atoms. The zero-order chi connectivity index (χ0) is 17.1. The van der Waals surface area contributed by atoms with Crippen molar-refractivity contribution in [2.75, 3.05) is 49.1 Å². The summed E-state index contributed by atoms with van der Waals surface area (Å²) in [5.41, 5.74) is 0. The molecule has 2 aromatic rings. The minimum absolute atomic E-state index is 0.400. The third-order valence-electron chi connectivity index (χ3n) is 5.31. The molecule has 2 saturated heterocycles. The maximum Gasteiger partial charge on any atom is 0.134 e. The van der Waals surface area contributed by atoms with Crippen molar-refractivity contribution < 1.29 is 0 Å². The summed E-state index contributed by atoms with van der Waals surface area (Å²) in [4.78, 5) is 20.8. The first-order valence-corrected chi connectivity index (χ1v) is 10.1. The van der Waals surface area contributed by atoms with E-state index in [-0.39, 0.29) is 0 Å². The van der Waals surface area contributed by atoms with E-state index in [4.69, 9.17) is 0 Å². The van der Waals surface area contributed by atoms with Gasteiger partial charge in [0.25, 0.3) is 0 Å². The Bertz CT molecular complexity index is 662. The molecule has 0 amide bonds. The average molecular weight is 359 g/mol. The molecule has 134 valence electrons. The van der Waals surface area contributed by atoms with Gasteiger partial charge in [-0.3, -0.25) is 4.90 Å². The summed E-state index contributed by atoms with van der Waals surface area (Å²) in [6.07, 6.45) is 7.51. The molecule has 0 radical (unpaired) electrons. The number of hydrogen-bond acceptors (Lipinski definition) is 7. The van der Waals surface area contributed by atoms with Gasteiger partial charge >= 0.3 is 0 Å². The van der Waals surface area contributed by atoms with Crippen molar-refractivity contribution in [3.8, 4) is 0 Å². The molecule has 0 N–H and O–H groups in total. The molecule has 1 unspecified atom stereocenters. The van der Waals surface area contributed by atoms with Crippen LogP contribution in [0.2, 0.25) is 0 Å². The predicted molar refractivity (Wildman–Crippen MR) is 102 cm³/mol. The van der Waals surface area contributed by atoms with Crippen molar-refractivity contribution in [3.63, 3.8) is 0 Å². The van der Waals surface area contributed by atoms with E-state index in [9.17, 15) is 0 Å².